The summed E-state index contributed by atoms with van der Waals surface area (Å²) in [4.78, 5) is 0. The molecule has 0 aromatic carbocycles. The molecule has 0 aromatic rings. The van der Waals surface area contributed by atoms with E-state index in [1.807, 2.05) is 0 Å². The number of fused-ring (bicyclic) bond motifs is 1. The summed E-state index contributed by atoms with van der Waals surface area (Å²) in [6.07, 6.45) is 15.5. The molecule has 0 saturated heterocycles. The third kappa shape index (κ3) is 1.70. The van der Waals surface area contributed by atoms with Gasteiger partial charge in [-0.15, -0.1) is 0 Å². The molecule has 1 aliphatic heterocycles. The number of nitrogens with zero attached hydrogens (tertiary/aromatic N) is 2. The molecule has 2 aliphatic carbocycles. The zero-order chi connectivity index (χ0) is 10.8. The van der Waals surface area contributed by atoms with Gasteiger partial charge in [0.25, 0.3) is 0 Å². The minimum atomic E-state index is 0.320. The van der Waals surface area contributed by atoms with Crippen molar-refractivity contribution in [2.45, 2.75) is 82.2 Å². The molecular weight excluding hydrogens is 196 g/mol. The highest BCUT2D eigenvalue weighted by Crippen LogP contribution is 2.49. The van der Waals surface area contributed by atoms with Crippen molar-refractivity contribution in [2.75, 3.05) is 0 Å². The van der Waals surface area contributed by atoms with E-state index >= 15 is 0 Å². The Morgan fingerprint density at radius 2 is 1.44 bits per heavy atom. The van der Waals surface area contributed by atoms with Crippen molar-refractivity contribution < 1.29 is 0 Å². The highest BCUT2D eigenvalue weighted by Gasteiger charge is 2.51. The van der Waals surface area contributed by atoms with E-state index < -0.39 is 0 Å². The average molecular weight is 220 g/mol. The summed E-state index contributed by atoms with van der Waals surface area (Å²) in [5, 5.41) is 9.13. The monoisotopic (exact) mass is 220 g/mol. The van der Waals surface area contributed by atoms with Crippen molar-refractivity contribution >= 4 is 0 Å². The topological polar surface area (TPSA) is 24.7 Å². The number of hydrogen-bond donors (Lipinski definition) is 0. The average Bonchev–Trinajstić information content (AvgIpc) is 2.60. The van der Waals surface area contributed by atoms with Crippen LogP contribution in [0.25, 0.3) is 0 Å². The predicted octanol–water partition coefficient (Wildman–Crippen LogP) is 4.49. The summed E-state index contributed by atoms with van der Waals surface area (Å²) in [6.45, 7) is 0. The molecule has 2 atom stereocenters. The van der Waals surface area contributed by atoms with Gasteiger partial charge in [-0.05, 0) is 31.6 Å². The van der Waals surface area contributed by atoms with Crippen LogP contribution in [0.3, 0.4) is 0 Å². The minimum Gasteiger partial charge on any atom is -0.187 e. The first-order valence-corrected chi connectivity index (χ1v) is 7.34. The third-order valence-electron chi connectivity index (χ3n) is 5.08. The zero-order valence-corrected chi connectivity index (χ0v) is 10.3. The van der Waals surface area contributed by atoms with E-state index in [4.69, 9.17) is 0 Å². The van der Waals surface area contributed by atoms with Gasteiger partial charge in [-0.2, -0.15) is 10.2 Å². The van der Waals surface area contributed by atoms with E-state index in [9.17, 15) is 0 Å². The van der Waals surface area contributed by atoms with Crippen LogP contribution in [0.2, 0.25) is 0 Å². The van der Waals surface area contributed by atoms with Crippen molar-refractivity contribution in [3.05, 3.63) is 0 Å². The molecule has 1 heterocycles. The fourth-order valence-corrected chi connectivity index (χ4v) is 4.07. The smallest absolute Gasteiger partial charge is 0.108 e. The molecule has 2 heteroatoms. The van der Waals surface area contributed by atoms with Gasteiger partial charge in [0.05, 0.1) is 6.04 Å². The first-order valence-electron chi connectivity index (χ1n) is 7.34. The molecule has 2 saturated carbocycles. The lowest BCUT2D eigenvalue weighted by atomic mass is 9.70. The molecule has 90 valence electrons. The fourth-order valence-electron chi connectivity index (χ4n) is 4.07. The van der Waals surface area contributed by atoms with Gasteiger partial charge < -0.3 is 0 Å². The van der Waals surface area contributed by atoms with E-state index in [1.165, 1.54) is 70.6 Å². The van der Waals surface area contributed by atoms with Gasteiger partial charge in [-0.3, -0.25) is 0 Å². The van der Waals surface area contributed by atoms with Crippen LogP contribution in [0, 0.1) is 5.92 Å². The molecule has 0 radical (unpaired) electrons. The van der Waals surface area contributed by atoms with Gasteiger partial charge in [0.15, 0.2) is 0 Å². The summed E-state index contributed by atoms with van der Waals surface area (Å²) in [5.74, 6) is 0.871. The summed E-state index contributed by atoms with van der Waals surface area (Å²) >= 11 is 0. The van der Waals surface area contributed by atoms with Crippen molar-refractivity contribution in [1.82, 2.24) is 0 Å². The van der Waals surface area contributed by atoms with Crippen molar-refractivity contribution in [2.24, 2.45) is 16.1 Å². The lowest BCUT2D eigenvalue weighted by Gasteiger charge is -2.45. The summed E-state index contributed by atoms with van der Waals surface area (Å²) in [7, 11) is 0. The van der Waals surface area contributed by atoms with Gasteiger partial charge in [-0.1, -0.05) is 44.9 Å². The Morgan fingerprint density at radius 1 is 0.750 bits per heavy atom. The van der Waals surface area contributed by atoms with E-state index in [-0.39, 0.29) is 0 Å². The van der Waals surface area contributed by atoms with Crippen LogP contribution < -0.4 is 0 Å². The van der Waals surface area contributed by atoms with Crippen molar-refractivity contribution in [3.63, 3.8) is 0 Å². The van der Waals surface area contributed by atoms with Gasteiger partial charge in [-0.25, -0.2) is 0 Å². The summed E-state index contributed by atoms with van der Waals surface area (Å²) in [5.41, 5.74) is 0.320. The summed E-state index contributed by atoms with van der Waals surface area (Å²) < 4.78 is 0. The van der Waals surface area contributed by atoms with Crippen molar-refractivity contribution in [3.8, 4) is 0 Å². The Labute approximate surface area is 98.9 Å². The SMILES string of the molecule is C1CCCC(C23CCCCCC2N=N3)CC1. The first kappa shape index (κ1) is 10.7. The molecule has 0 spiro atoms. The first-order chi connectivity index (χ1) is 7.92. The Bertz CT molecular complexity index is 266. The fraction of sp³-hybridized carbons (Fsp3) is 1.00. The Balaban J connectivity index is 1.77. The normalized spacial score (nSPS) is 40.6. The van der Waals surface area contributed by atoms with Gasteiger partial charge in [0.1, 0.15) is 5.54 Å². The van der Waals surface area contributed by atoms with Crippen LogP contribution >= 0.6 is 0 Å². The van der Waals surface area contributed by atoms with E-state index in [2.05, 4.69) is 10.2 Å². The molecule has 3 rings (SSSR count). The Morgan fingerprint density at radius 3 is 2.12 bits per heavy atom. The molecule has 16 heavy (non-hydrogen) atoms. The van der Waals surface area contributed by atoms with Crippen LogP contribution in [0.4, 0.5) is 0 Å². The third-order valence-corrected chi connectivity index (χ3v) is 5.08. The minimum absolute atomic E-state index is 0.320. The lowest BCUT2D eigenvalue weighted by Crippen LogP contribution is -2.50. The van der Waals surface area contributed by atoms with Crippen LogP contribution in [-0.4, -0.2) is 11.6 Å². The molecule has 0 bridgehead atoms. The largest absolute Gasteiger partial charge is 0.187 e. The maximum Gasteiger partial charge on any atom is 0.108 e. The van der Waals surface area contributed by atoms with E-state index in [0.717, 1.165) is 5.92 Å². The quantitative estimate of drug-likeness (QED) is 0.581. The number of hydrogen-bond acceptors (Lipinski definition) is 2. The van der Waals surface area contributed by atoms with Crippen LogP contribution in [0.1, 0.15) is 70.6 Å². The van der Waals surface area contributed by atoms with Crippen LogP contribution in [0.5, 0.6) is 0 Å². The molecule has 2 nitrogen and oxygen atoms in total. The molecule has 2 fully saturated rings. The van der Waals surface area contributed by atoms with Crippen LogP contribution in [0.15, 0.2) is 10.2 Å². The molecule has 0 aromatic heterocycles. The lowest BCUT2D eigenvalue weighted by molar-refractivity contribution is 0.127. The maximum absolute atomic E-state index is 4.67. The van der Waals surface area contributed by atoms with Gasteiger partial charge in [0.2, 0.25) is 0 Å². The predicted molar refractivity (Wildman–Crippen MR) is 65.7 cm³/mol. The zero-order valence-electron chi connectivity index (χ0n) is 10.3. The number of azo groups is 1. The molecule has 0 amide bonds. The molecule has 2 unspecified atom stereocenters. The second-order valence-electron chi connectivity index (χ2n) is 6.01. The van der Waals surface area contributed by atoms with E-state index in [0.29, 0.717) is 11.6 Å². The second kappa shape index (κ2) is 4.46. The maximum atomic E-state index is 4.67. The molecule has 0 N–H and O–H groups in total. The number of rotatable bonds is 1. The standard InChI is InChI=1S/C14H24N2/c1-2-5-9-12(8-4-1)14-11-7-3-6-10-13(14)15-16-14/h12-13H,1-11H2. The van der Waals surface area contributed by atoms with Gasteiger partial charge >= 0.3 is 0 Å². The summed E-state index contributed by atoms with van der Waals surface area (Å²) in [6, 6.07) is 0.609. The Kier molecular flexibility index (Phi) is 2.99. The van der Waals surface area contributed by atoms with Gasteiger partial charge in [0, 0.05) is 0 Å². The Hall–Kier alpha value is -0.400. The highest BCUT2D eigenvalue weighted by atomic mass is 15.3. The highest BCUT2D eigenvalue weighted by molar-refractivity contribution is 5.09. The van der Waals surface area contributed by atoms with Crippen LogP contribution in [-0.2, 0) is 0 Å². The second-order valence-corrected chi connectivity index (χ2v) is 6.01. The van der Waals surface area contributed by atoms with E-state index in [1.54, 1.807) is 0 Å². The van der Waals surface area contributed by atoms with Crippen molar-refractivity contribution in [1.29, 1.82) is 0 Å². The molecule has 3 aliphatic rings. The molecular formula is C14H24N2.